The van der Waals surface area contributed by atoms with Gasteiger partial charge in [0.25, 0.3) is 10.0 Å². The summed E-state index contributed by atoms with van der Waals surface area (Å²) in [5.74, 6) is -0.0307. The van der Waals surface area contributed by atoms with Crippen molar-refractivity contribution in [1.82, 2.24) is 5.32 Å². The highest BCUT2D eigenvalue weighted by molar-refractivity contribution is 7.92. The van der Waals surface area contributed by atoms with E-state index in [2.05, 4.69) is 10.6 Å². The molecule has 0 unspecified atom stereocenters. The van der Waals surface area contributed by atoms with Gasteiger partial charge in [0.15, 0.2) is 5.11 Å². The summed E-state index contributed by atoms with van der Waals surface area (Å²) in [6.07, 6.45) is 5.13. The number of rotatable bonds is 6. The molecule has 0 heterocycles. The fourth-order valence-electron chi connectivity index (χ4n) is 3.66. The van der Waals surface area contributed by atoms with Crippen LogP contribution in [0.1, 0.15) is 39.0 Å². The number of carbonyl (C=O) groups is 1. The first-order valence-corrected chi connectivity index (χ1v) is 12.1. The molecule has 1 aliphatic carbocycles. The molecule has 1 saturated carbocycles. The largest absolute Gasteiger partial charge is 0.332 e. The SMILES string of the molecule is CCN(c1ccccc1)S(=O)(=O)c1ccc(NC(=S)NC(=O)C2CCCCC2)cc1. The van der Waals surface area contributed by atoms with Crippen LogP contribution in [0.25, 0.3) is 0 Å². The molecular weight excluding hydrogens is 418 g/mol. The summed E-state index contributed by atoms with van der Waals surface area (Å²) in [6.45, 7) is 2.12. The number of hydrogen-bond acceptors (Lipinski definition) is 4. The molecule has 1 fully saturated rings. The quantitative estimate of drug-likeness (QED) is 0.649. The summed E-state index contributed by atoms with van der Waals surface area (Å²) < 4.78 is 27.4. The third-order valence-electron chi connectivity index (χ3n) is 5.24. The fraction of sp³-hybridized carbons (Fsp3) is 0.364. The van der Waals surface area contributed by atoms with E-state index in [0.717, 1.165) is 25.7 Å². The second-order valence-electron chi connectivity index (χ2n) is 7.31. The van der Waals surface area contributed by atoms with Crippen molar-refractivity contribution >= 4 is 44.6 Å². The topological polar surface area (TPSA) is 78.5 Å². The van der Waals surface area contributed by atoms with Crippen LogP contribution in [0.4, 0.5) is 11.4 Å². The maximum absolute atomic E-state index is 13.0. The lowest BCUT2D eigenvalue weighted by molar-refractivity contribution is -0.124. The van der Waals surface area contributed by atoms with Crippen molar-refractivity contribution < 1.29 is 13.2 Å². The monoisotopic (exact) mass is 445 g/mol. The van der Waals surface area contributed by atoms with E-state index in [4.69, 9.17) is 12.2 Å². The number of benzene rings is 2. The van der Waals surface area contributed by atoms with Gasteiger partial charge in [-0.1, -0.05) is 37.5 Å². The maximum atomic E-state index is 13.0. The zero-order valence-corrected chi connectivity index (χ0v) is 18.6. The predicted molar refractivity (Wildman–Crippen MR) is 124 cm³/mol. The Labute approximate surface area is 183 Å². The first-order valence-electron chi connectivity index (χ1n) is 10.2. The van der Waals surface area contributed by atoms with Crippen molar-refractivity contribution in [3.8, 4) is 0 Å². The molecule has 2 N–H and O–H groups in total. The number of nitrogens with zero attached hydrogens (tertiary/aromatic N) is 1. The zero-order valence-electron chi connectivity index (χ0n) is 17.0. The number of carbonyl (C=O) groups excluding carboxylic acids is 1. The van der Waals surface area contributed by atoms with Gasteiger partial charge in [0.05, 0.1) is 10.6 Å². The van der Waals surface area contributed by atoms with E-state index >= 15 is 0 Å². The molecule has 2 aromatic rings. The molecule has 0 spiro atoms. The minimum Gasteiger partial charge on any atom is -0.332 e. The van der Waals surface area contributed by atoms with Crippen LogP contribution in [0.5, 0.6) is 0 Å². The summed E-state index contributed by atoms with van der Waals surface area (Å²) in [5, 5.41) is 5.93. The van der Waals surface area contributed by atoms with Crippen LogP contribution in [-0.4, -0.2) is 26.0 Å². The highest BCUT2D eigenvalue weighted by Crippen LogP contribution is 2.25. The van der Waals surface area contributed by atoms with Crippen molar-refractivity contribution in [2.24, 2.45) is 5.92 Å². The van der Waals surface area contributed by atoms with E-state index in [1.165, 1.54) is 22.9 Å². The lowest BCUT2D eigenvalue weighted by atomic mass is 9.89. The first-order chi connectivity index (χ1) is 14.4. The minimum atomic E-state index is -3.68. The molecular formula is C22H27N3O3S2. The van der Waals surface area contributed by atoms with Crippen molar-refractivity contribution in [3.63, 3.8) is 0 Å². The van der Waals surface area contributed by atoms with Gasteiger partial charge >= 0.3 is 0 Å². The number of thiocarbonyl (C=S) groups is 1. The Hall–Kier alpha value is -2.45. The number of amides is 1. The average molecular weight is 446 g/mol. The zero-order chi connectivity index (χ0) is 21.6. The molecule has 2 aromatic carbocycles. The van der Waals surface area contributed by atoms with Gasteiger partial charge in [-0.25, -0.2) is 8.42 Å². The smallest absolute Gasteiger partial charge is 0.264 e. The number of nitrogens with one attached hydrogen (secondary N) is 2. The lowest BCUT2D eigenvalue weighted by Crippen LogP contribution is -2.39. The normalized spacial score (nSPS) is 14.7. The molecule has 1 aliphatic rings. The van der Waals surface area contributed by atoms with Crippen LogP contribution in [0.3, 0.4) is 0 Å². The Morgan fingerprint density at radius 3 is 2.27 bits per heavy atom. The number of para-hydroxylation sites is 1. The molecule has 3 rings (SSSR count). The predicted octanol–water partition coefficient (Wildman–Crippen LogP) is 4.30. The summed E-state index contributed by atoms with van der Waals surface area (Å²) in [6, 6.07) is 15.4. The second kappa shape index (κ2) is 10.0. The van der Waals surface area contributed by atoms with Crippen LogP contribution in [-0.2, 0) is 14.8 Å². The molecule has 0 radical (unpaired) electrons. The van der Waals surface area contributed by atoms with Gasteiger partial charge in [0.2, 0.25) is 5.91 Å². The van der Waals surface area contributed by atoms with Gasteiger partial charge < -0.3 is 10.6 Å². The number of sulfonamides is 1. The van der Waals surface area contributed by atoms with Gasteiger partial charge in [0, 0.05) is 18.2 Å². The summed E-state index contributed by atoms with van der Waals surface area (Å²) in [7, 11) is -3.68. The standard InChI is InChI=1S/C22H27N3O3S2/c1-2-25(19-11-7-4-8-12-19)30(27,28)20-15-13-18(14-16-20)23-22(29)24-21(26)17-9-5-3-6-10-17/h4,7-8,11-17H,2-3,5-6,9-10H2,1H3,(H2,23,24,26,29). The van der Waals surface area contributed by atoms with E-state index in [9.17, 15) is 13.2 Å². The van der Waals surface area contributed by atoms with Gasteiger partial charge in [-0.15, -0.1) is 0 Å². The van der Waals surface area contributed by atoms with Crippen LogP contribution in [0.15, 0.2) is 59.5 Å². The molecule has 30 heavy (non-hydrogen) atoms. The molecule has 1 amide bonds. The fourth-order valence-corrected chi connectivity index (χ4v) is 5.36. The van der Waals surface area contributed by atoms with Crippen LogP contribution in [0, 0.1) is 5.92 Å². The van der Waals surface area contributed by atoms with Crippen molar-refractivity contribution in [2.75, 3.05) is 16.2 Å². The van der Waals surface area contributed by atoms with Gasteiger partial charge in [-0.2, -0.15) is 0 Å². The Morgan fingerprint density at radius 2 is 1.67 bits per heavy atom. The van der Waals surface area contributed by atoms with Crippen LogP contribution >= 0.6 is 12.2 Å². The molecule has 6 nitrogen and oxygen atoms in total. The third kappa shape index (κ3) is 5.37. The van der Waals surface area contributed by atoms with Gasteiger partial charge in [-0.3, -0.25) is 9.10 Å². The molecule has 0 aliphatic heterocycles. The van der Waals surface area contributed by atoms with Crippen molar-refractivity contribution in [1.29, 1.82) is 0 Å². The van der Waals surface area contributed by atoms with E-state index < -0.39 is 10.0 Å². The molecule has 0 atom stereocenters. The van der Waals surface area contributed by atoms with Gasteiger partial charge in [0.1, 0.15) is 0 Å². The average Bonchev–Trinajstić information content (AvgIpc) is 2.75. The molecule has 0 aromatic heterocycles. The van der Waals surface area contributed by atoms with Crippen molar-refractivity contribution in [3.05, 3.63) is 54.6 Å². The Kier molecular flexibility index (Phi) is 7.44. The Morgan fingerprint density at radius 1 is 1.03 bits per heavy atom. The minimum absolute atomic E-state index is 0.0176. The highest BCUT2D eigenvalue weighted by Gasteiger charge is 2.24. The molecule has 160 valence electrons. The second-order valence-corrected chi connectivity index (χ2v) is 9.58. The number of hydrogen-bond donors (Lipinski definition) is 2. The summed E-state index contributed by atoms with van der Waals surface area (Å²) in [5.41, 5.74) is 1.24. The first kappa shape index (κ1) is 22.2. The maximum Gasteiger partial charge on any atom is 0.264 e. The van der Waals surface area contributed by atoms with E-state index in [-0.39, 0.29) is 21.8 Å². The van der Waals surface area contributed by atoms with E-state index in [0.29, 0.717) is 17.9 Å². The lowest BCUT2D eigenvalue weighted by Gasteiger charge is -2.23. The molecule has 8 heteroatoms. The Balaban J connectivity index is 1.65. The Bertz CT molecular complexity index is 970. The number of anilines is 2. The van der Waals surface area contributed by atoms with E-state index in [1.54, 1.807) is 31.2 Å². The van der Waals surface area contributed by atoms with Crippen LogP contribution in [0.2, 0.25) is 0 Å². The molecule has 0 bridgehead atoms. The van der Waals surface area contributed by atoms with Crippen LogP contribution < -0.4 is 14.9 Å². The summed E-state index contributed by atoms with van der Waals surface area (Å²) >= 11 is 5.24. The highest BCUT2D eigenvalue weighted by atomic mass is 32.2. The third-order valence-corrected chi connectivity index (χ3v) is 7.37. The molecule has 0 saturated heterocycles. The summed E-state index contributed by atoms with van der Waals surface area (Å²) in [4.78, 5) is 12.5. The van der Waals surface area contributed by atoms with Crippen molar-refractivity contribution in [2.45, 2.75) is 43.9 Å². The van der Waals surface area contributed by atoms with E-state index in [1.807, 2.05) is 18.2 Å². The van der Waals surface area contributed by atoms with Gasteiger partial charge in [-0.05, 0) is 68.4 Å².